The maximum Gasteiger partial charge on any atom is 0.131 e. The zero-order chi connectivity index (χ0) is 13.8. The molecule has 0 bridgehead atoms. The monoisotopic (exact) mass is 255 g/mol. The molecule has 0 spiro atoms. The van der Waals surface area contributed by atoms with Crippen LogP contribution in [0, 0.1) is 5.82 Å². The third kappa shape index (κ3) is 3.68. The lowest BCUT2D eigenvalue weighted by Gasteiger charge is -2.29. The van der Waals surface area contributed by atoms with E-state index in [4.69, 9.17) is 9.47 Å². The molecule has 1 aromatic rings. The van der Waals surface area contributed by atoms with Gasteiger partial charge in [0.2, 0.25) is 0 Å². The molecule has 0 heterocycles. The first-order valence-corrected chi connectivity index (χ1v) is 5.99. The summed E-state index contributed by atoms with van der Waals surface area (Å²) in [4.78, 5) is 0. The third-order valence-electron chi connectivity index (χ3n) is 3.18. The van der Waals surface area contributed by atoms with E-state index in [-0.39, 0.29) is 17.5 Å². The van der Waals surface area contributed by atoms with Crippen molar-refractivity contribution in [2.45, 2.75) is 31.9 Å². The third-order valence-corrected chi connectivity index (χ3v) is 3.18. The Morgan fingerprint density at radius 3 is 2.44 bits per heavy atom. The van der Waals surface area contributed by atoms with Gasteiger partial charge in [-0.05, 0) is 33.4 Å². The lowest BCUT2D eigenvalue weighted by atomic mass is 9.93. The van der Waals surface area contributed by atoms with Gasteiger partial charge in [0.05, 0.1) is 12.7 Å². The van der Waals surface area contributed by atoms with E-state index in [9.17, 15) is 4.39 Å². The fraction of sp³-hybridized carbons (Fsp3) is 0.571. The SMILES string of the molecule is CNC(CC(C)(C)OC)c1ccc(OC)cc1F. The number of hydrogen-bond donors (Lipinski definition) is 1. The van der Waals surface area contributed by atoms with Crippen LogP contribution in [-0.4, -0.2) is 26.9 Å². The number of ether oxygens (including phenoxy) is 2. The van der Waals surface area contributed by atoms with Crippen LogP contribution in [-0.2, 0) is 4.74 Å². The van der Waals surface area contributed by atoms with Crippen molar-refractivity contribution >= 4 is 0 Å². The predicted molar refractivity (Wildman–Crippen MR) is 70.5 cm³/mol. The maximum absolute atomic E-state index is 14.0. The number of nitrogens with one attached hydrogen (secondary N) is 1. The molecule has 1 aromatic carbocycles. The van der Waals surface area contributed by atoms with Gasteiger partial charge in [0.1, 0.15) is 11.6 Å². The Bertz CT molecular complexity index is 393. The highest BCUT2D eigenvalue weighted by Gasteiger charge is 2.24. The molecule has 0 fully saturated rings. The Hall–Kier alpha value is -1.13. The van der Waals surface area contributed by atoms with E-state index in [2.05, 4.69) is 5.32 Å². The minimum Gasteiger partial charge on any atom is -0.497 e. The fourth-order valence-corrected chi connectivity index (χ4v) is 1.86. The topological polar surface area (TPSA) is 30.5 Å². The van der Waals surface area contributed by atoms with Gasteiger partial charge in [-0.3, -0.25) is 0 Å². The Balaban J connectivity index is 2.95. The molecule has 1 rings (SSSR count). The van der Waals surface area contributed by atoms with E-state index in [1.165, 1.54) is 13.2 Å². The molecule has 0 radical (unpaired) electrons. The van der Waals surface area contributed by atoms with Crippen molar-refractivity contribution in [3.63, 3.8) is 0 Å². The molecule has 0 amide bonds. The van der Waals surface area contributed by atoms with E-state index in [0.717, 1.165) is 0 Å². The molecule has 0 aliphatic rings. The molecule has 3 nitrogen and oxygen atoms in total. The maximum atomic E-state index is 14.0. The average Bonchev–Trinajstić information content (AvgIpc) is 2.36. The average molecular weight is 255 g/mol. The summed E-state index contributed by atoms with van der Waals surface area (Å²) in [6.07, 6.45) is 0.684. The minimum absolute atomic E-state index is 0.0918. The Kier molecular flexibility index (Phi) is 5.11. The molecular formula is C14H22FNO2. The summed E-state index contributed by atoms with van der Waals surface area (Å²) in [5.41, 5.74) is 0.323. The lowest BCUT2D eigenvalue weighted by molar-refractivity contribution is 0.00719. The molecule has 0 saturated heterocycles. The van der Waals surface area contributed by atoms with Crippen LogP contribution in [0.2, 0.25) is 0 Å². The van der Waals surface area contributed by atoms with Crippen molar-refractivity contribution in [1.82, 2.24) is 5.32 Å². The van der Waals surface area contributed by atoms with Gasteiger partial charge in [0, 0.05) is 24.8 Å². The molecule has 0 saturated carbocycles. The van der Waals surface area contributed by atoms with Gasteiger partial charge in [-0.15, -0.1) is 0 Å². The van der Waals surface area contributed by atoms with Crippen molar-refractivity contribution < 1.29 is 13.9 Å². The van der Waals surface area contributed by atoms with Crippen LogP contribution in [0.4, 0.5) is 4.39 Å². The molecule has 0 aromatic heterocycles. The van der Waals surface area contributed by atoms with Gasteiger partial charge in [-0.25, -0.2) is 4.39 Å². The number of methoxy groups -OCH3 is 2. The van der Waals surface area contributed by atoms with E-state index >= 15 is 0 Å². The zero-order valence-corrected chi connectivity index (χ0v) is 11.7. The van der Waals surface area contributed by atoms with Crippen LogP contribution in [0.25, 0.3) is 0 Å². The first-order chi connectivity index (χ1) is 8.43. The number of halogens is 1. The molecular weight excluding hydrogens is 233 g/mol. The normalized spacial score (nSPS) is 13.4. The van der Waals surface area contributed by atoms with Crippen LogP contribution < -0.4 is 10.1 Å². The fourth-order valence-electron chi connectivity index (χ4n) is 1.86. The van der Waals surface area contributed by atoms with Crippen molar-refractivity contribution in [2.75, 3.05) is 21.3 Å². The van der Waals surface area contributed by atoms with Gasteiger partial charge >= 0.3 is 0 Å². The second kappa shape index (κ2) is 6.16. The van der Waals surface area contributed by atoms with Crippen molar-refractivity contribution in [3.05, 3.63) is 29.6 Å². The smallest absolute Gasteiger partial charge is 0.131 e. The van der Waals surface area contributed by atoms with Crippen LogP contribution >= 0.6 is 0 Å². The second-order valence-corrected chi connectivity index (χ2v) is 4.90. The molecule has 1 N–H and O–H groups in total. The Morgan fingerprint density at radius 2 is 2.00 bits per heavy atom. The van der Waals surface area contributed by atoms with Crippen LogP contribution in [0.5, 0.6) is 5.75 Å². The van der Waals surface area contributed by atoms with E-state index < -0.39 is 0 Å². The van der Waals surface area contributed by atoms with Gasteiger partial charge in [0.25, 0.3) is 0 Å². The summed E-state index contributed by atoms with van der Waals surface area (Å²) in [6, 6.07) is 4.83. The highest BCUT2D eigenvalue weighted by Crippen LogP contribution is 2.29. The molecule has 18 heavy (non-hydrogen) atoms. The quantitative estimate of drug-likeness (QED) is 0.847. The highest BCUT2D eigenvalue weighted by atomic mass is 19.1. The first-order valence-electron chi connectivity index (χ1n) is 5.99. The predicted octanol–water partition coefficient (Wildman–Crippen LogP) is 2.91. The van der Waals surface area contributed by atoms with E-state index in [0.29, 0.717) is 17.7 Å². The summed E-state index contributed by atoms with van der Waals surface area (Å²) in [6.45, 7) is 3.97. The molecule has 1 unspecified atom stereocenters. The Labute approximate surface area is 108 Å². The van der Waals surface area contributed by atoms with Crippen molar-refractivity contribution in [2.24, 2.45) is 0 Å². The lowest BCUT2D eigenvalue weighted by Crippen LogP contribution is -2.30. The standard InChI is InChI=1S/C14H22FNO2/c1-14(2,18-5)9-13(16-3)11-7-6-10(17-4)8-12(11)15/h6-8,13,16H,9H2,1-5H3. The summed E-state index contributed by atoms with van der Waals surface area (Å²) in [5, 5.41) is 3.13. The van der Waals surface area contributed by atoms with Crippen molar-refractivity contribution in [3.8, 4) is 5.75 Å². The summed E-state index contributed by atoms with van der Waals surface area (Å²) < 4.78 is 24.4. The number of rotatable bonds is 6. The number of hydrogen-bond acceptors (Lipinski definition) is 3. The number of benzene rings is 1. The van der Waals surface area contributed by atoms with Crippen LogP contribution in [0.15, 0.2) is 18.2 Å². The van der Waals surface area contributed by atoms with Crippen LogP contribution in [0.1, 0.15) is 31.9 Å². The summed E-state index contributed by atoms with van der Waals surface area (Å²) in [7, 11) is 5.01. The molecule has 0 aliphatic heterocycles. The summed E-state index contributed by atoms with van der Waals surface area (Å²) in [5.74, 6) is 0.262. The van der Waals surface area contributed by atoms with Gasteiger partial charge in [-0.1, -0.05) is 6.07 Å². The Morgan fingerprint density at radius 1 is 1.33 bits per heavy atom. The van der Waals surface area contributed by atoms with Crippen LogP contribution in [0.3, 0.4) is 0 Å². The van der Waals surface area contributed by atoms with Gasteiger partial charge in [0.15, 0.2) is 0 Å². The largest absolute Gasteiger partial charge is 0.497 e. The zero-order valence-electron chi connectivity index (χ0n) is 11.7. The molecule has 102 valence electrons. The highest BCUT2D eigenvalue weighted by molar-refractivity contribution is 5.31. The van der Waals surface area contributed by atoms with Gasteiger partial charge in [-0.2, -0.15) is 0 Å². The van der Waals surface area contributed by atoms with Crippen molar-refractivity contribution in [1.29, 1.82) is 0 Å². The first kappa shape index (κ1) is 14.9. The molecule has 1 atom stereocenters. The minimum atomic E-state index is -0.306. The van der Waals surface area contributed by atoms with Gasteiger partial charge < -0.3 is 14.8 Å². The molecule has 4 heteroatoms. The van der Waals surface area contributed by atoms with E-state index in [1.54, 1.807) is 19.2 Å². The summed E-state index contributed by atoms with van der Waals surface area (Å²) >= 11 is 0. The second-order valence-electron chi connectivity index (χ2n) is 4.90. The molecule has 0 aliphatic carbocycles. The van der Waals surface area contributed by atoms with E-state index in [1.807, 2.05) is 20.9 Å².